The predicted molar refractivity (Wildman–Crippen MR) is 122 cm³/mol. The molecule has 1 aliphatic heterocycles. The third kappa shape index (κ3) is 5.12. The van der Waals surface area contributed by atoms with Crippen molar-refractivity contribution in [3.8, 4) is 0 Å². The molecule has 5 nitrogen and oxygen atoms in total. The summed E-state index contributed by atoms with van der Waals surface area (Å²) in [6.45, 7) is 1.70. The molecule has 0 N–H and O–H groups in total. The van der Waals surface area contributed by atoms with Gasteiger partial charge in [0.25, 0.3) is 11.1 Å². The summed E-state index contributed by atoms with van der Waals surface area (Å²) in [7, 11) is 0. The van der Waals surface area contributed by atoms with E-state index in [2.05, 4.69) is 0 Å². The number of halogens is 1. The van der Waals surface area contributed by atoms with Gasteiger partial charge in [-0.1, -0.05) is 41.1 Å². The standard InChI is InChI=1S/C23H16ClNO4S2/c1-14-2-9-18(10-3-14)30-21-11-8-17(29-21)12-20-22(27)25(23(28)31-20)13-19(26)15-4-6-16(24)7-5-15/h2-12H,13H2,1H3/b20-12-. The van der Waals surface area contributed by atoms with E-state index in [-0.39, 0.29) is 17.2 Å². The molecule has 0 saturated carbocycles. The molecule has 1 fully saturated rings. The number of ketones is 1. The summed E-state index contributed by atoms with van der Waals surface area (Å²) in [5.74, 6) is -0.388. The van der Waals surface area contributed by atoms with Gasteiger partial charge in [-0.3, -0.25) is 19.3 Å². The summed E-state index contributed by atoms with van der Waals surface area (Å²) in [5, 5.41) is 0.690. The van der Waals surface area contributed by atoms with Crippen molar-refractivity contribution in [3.05, 3.63) is 87.5 Å². The zero-order valence-corrected chi connectivity index (χ0v) is 18.7. The quantitative estimate of drug-likeness (QED) is 0.311. The van der Waals surface area contributed by atoms with E-state index in [1.54, 1.807) is 30.3 Å². The summed E-state index contributed by atoms with van der Waals surface area (Å²) in [5.41, 5.74) is 1.56. The minimum absolute atomic E-state index is 0.218. The molecule has 31 heavy (non-hydrogen) atoms. The maximum absolute atomic E-state index is 12.7. The maximum Gasteiger partial charge on any atom is 0.293 e. The van der Waals surface area contributed by atoms with Crippen LogP contribution in [0.25, 0.3) is 6.08 Å². The topological polar surface area (TPSA) is 67.6 Å². The molecule has 0 aliphatic carbocycles. The third-order valence-corrected chi connectivity index (χ3v) is 6.54. The molecular formula is C23H16ClNO4S2. The van der Waals surface area contributed by atoms with Crippen LogP contribution in [0.1, 0.15) is 21.7 Å². The molecule has 0 spiro atoms. The highest BCUT2D eigenvalue weighted by Crippen LogP contribution is 2.34. The van der Waals surface area contributed by atoms with Crippen LogP contribution >= 0.6 is 35.1 Å². The first-order valence-corrected chi connectivity index (χ1v) is 11.3. The van der Waals surface area contributed by atoms with Crippen LogP contribution in [0.3, 0.4) is 0 Å². The van der Waals surface area contributed by atoms with Crippen LogP contribution in [-0.4, -0.2) is 28.4 Å². The Bertz CT molecular complexity index is 1180. The number of aryl methyl sites for hydroxylation is 1. The van der Waals surface area contributed by atoms with Gasteiger partial charge in [0.2, 0.25) is 0 Å². The highest BCUT2D eigenvalue weighted by atomic mass is 35.5. The van der Waals surface area contributed by atoms with Crippen LogP contribution < -0.4 is 0 Å². The fourth-order valence-corrected chi connectivity index (χ4v) is 4.55. The summed E-state index contributed by atoms with van der Waals surface area (Å²) >= 11 is 8.09. The average Bonchev–Trinajstić information content (AvgIpc) is 3.29. The van der Waals surface area contributed by atoms with Crippen LogP contribution in [0.2, 0.25) is 5.02 Å². The van der Waals surface area contributed by atoms with Gasteiger partial charge in [-0.2, -0.15) is 0 Å². The lowest BCUT2D eigenvalue weighted by atomic mass is 10.1. The van der Waals surface area contributed by atoms with Gasteiger partial charge in [-0.05, 0) is 67.2 Å². The molecule has 0 unspecified atom stereocenters. The fourth-order valence-electron chi connectivity index (χ4n) is 2.83. The van der Waals surface area contributed by atoms with Crippen LogP contribution in [0.5, 0.6) is 0 Å². The van der Waals surface area contributed by atoms with E-state index in [0.717, 1.165) is 21.6 Å². The monoisotopic (exact) mass is 469 g/mol. The number of Topliss-reactive ketones (excluding diaryl/α,β-unsaturated/α-hetero) is 1. The maximum atomic E-state index is 12.7. The smallest absolute Gasteiger partial charge is 0.293 e. The lowest BCUT2D eigenvalue weighted by Gasteiger charge is -2.11. The molecule has 156 valence electrons. The Kier molecular flexibility index (Phi) is 6.36. The van der Waals surface area contributed by atoms with Crippen molar-refractivity contribution in [2.45, 2.75) is 16.9 Å². The number of furan rings is 1. The number of carbonyl (C=O) groups excluding carboxylic acids is 3. The van der Waals surface area contributed by atoms with Crippen molar-refractivity contribution in [2.75, 3.05) is 6.54 Å². The zero-order valence-electron chi connectivity index (χ0n) is 16.3. The van der Waals surface area contributed by atoms with E-state index in [0.29, 0.717) is 21.4 Å². The lowest BCUT2D eigenvalue weighted by molar-refractivity contribution is -0.122. The normalized spacial score (nSPS) is 15.2. The number of benzene rings is 2. The second-order valence-corrected chi connectivity index (χ2v) is 9.28. The number of nitrogens with zero attached hydrogens (tertiary/aromatic N) is 1. The zero-order chi connectivity index (χ0) is 22.0. The van der Waals surface area contributed by atoms with Crippen molar-refractivity contribution in [1.29, 1.82) is 0 Å². The van der Waals surface area contributed by atoms with Crippen molar-refractivity contribution >= 4 is 58.1 Å². The molecule has 2 amide bonds. The van der Waals surface area contributed by atoms with Gasteiger partial charge >= 0.3 is 0 Å². The third-order valence-electron chi connectivity index (χ3n) is 4.46. The molecule has 4 rings (SSSR count). The van der Waals surface area contributed by atoms with E-state index in [1.165, 1.54) is 23.4 Å². The van der Waals surface area contributed by atoms with Gasteiger partial charge in [0.15, 0.2) is 10.9 Å². The molecule has 1 aliphatic rings. The molecule has 2 aromatic carbocycles. The van der Waals surface area contributed by atoms with Crippen molar-refractivity contribution in [1.82, 2.24) is 4.90 Å². The molecule has 3 aromatic rings. The largest absolute Gasteiger partial charge is 0.450 e. The molecule has 8 heteroatoms. The first-order chi connectivity index (χ1) is 14.9. The Morgan fingerprint density at radius 1 is 1.06 bits per heavy atom. The summed E-state index contributed by atoms with van der Waals surface area (Å²) in [6, 6.07) is 17.9. The lowest BCUT2D eigenvalue weighted by Crippen LogP contribution is -2.33. The predicted octanol–water partition coefficient (Wildman–Crippen LogP) is 6.31. The van der Waals surface area contributed by atoms with Gasteiger partial charge in [-0.25, -0.2) is 0 Å². The number of imide groups is 1. The number of hydrogen-bond donors (Lipinski definition) is 0. The number of carbonyl (C=O) groups is 3. The Morgan fingerprint density at radius 2 is 1.77 bits per heavy atom. The van der Waals surface area contributed by atoms with E-state index < -0.39 is 11.1 Å². The number of amides is 2. The minimum Gasteiger partial charge on any atom is -0.450 e. The molecule has 2 heterocycles. The van der Waals surface area contributed by atoms with Gasteiger partial charge in [0.1, 0.15) is 5.76 Å². The van der Waals surface area contributed by atoms with Crippen LogP contribution in [-0.2, 0) is 4.79 Å². The van der Waals surface area contributed by atoms with Gasteiger partial charge < -0.3 is 4.42 Å². The minimum atomic E-state index is -0.513. The number of rotatable bonds is 6. The fraction of sp³-hybridized carbons (Fsp3) is 0.0870. The van der Waals surface area contributed by atoms with Gasteiger partial charge in [-0.15, -0.1) is 0 Å². The Balaban J connectivity index is 1.44. The number of thioether (sulfide) groups is 1. The van der Waals surface area contributed by atoms with Gasteiger partial charge in [0.05, 0.1) is 11.4 Å². The van der Waals surface area contributed by atoms with E-state index in [4.69, 9.17) is 16.0 Å². The molecule has 0 atom stereocenters. The molecule has 0 bridgehead atoms. The second-order valence-electron chi connectivity index (χ2n) is 6.77. The molecular weight excluding hydrogens is 454 g/mol. The van der Waals surface area contributed by atoms with Crippen LogP contribution in [0.15, 0.2) is 80.0 Å². The molecule has 1 aromatic heterocycles. The highest BCUT2D eigenvalue weighted by Gasteiger charge is 2.36. The van der Waals surface area contributed by atoms with Gasteiger partial charge in [0, 0.05) is 21.6 Å². The Morgan fingerprint density at radius 3 is 2.48 bits per heavy atom. The SMILES string of the molecule is Cc1ccc(Sc2ccc(/C=C3\SC(=O)N(CC(=O)c4ccc(Cl)cc4)C3=O)o2)cc1. The summed E-state index contributed by atoms with van der Waals surface area (Å²) in [4.78, 5) is 39.6. The average molecular weight is 470 g/mol. The number of hydrogen-bond acceptors (Lipinski definition) is 6. The molecule has 1 saturated heterocycles. The van der Waals surface area contributed by atoms with Crippen LogP contribution in [0, 0.1) is 6.92 Å². The van der Waals surface area contributed by atoms with E-state index in [1.807, 2.05) is 37.3 Å². The summed E-state index contributed by atoms with van der Waals surface area (Å²) < 4.78 is 5.77. The Labute approximate surface area is 192 Å². The first kappa shape index (κ1) is 21.5. The van der Waals surface area contributed by atoms with Crippen LogP contribution in [0.4, 0.5) is 4.79 Å². The second kappa shape index (κ2) is 9.18. The van der Waals surface area contributed by atoms with E-state index >= 15 is 0 Å². The van der Waals surface area contributed by atoms with Crippen molar-refractivity contribution in [2.24, 2.45) is 0 Å². The Hall–Kier alpha value is -2.74. The summed E-state index contributed by atoms with van der Waals surface area (Å²) in [6.07, 6.45) is 1.52. The highest BCUT2D eigenvalue weighted by molar-refractivity contribution is 8.18. The molecule has 0 radical (unpaired) electrons. The first-order valence-electron chi connectivity index (χ1n) is 9.27. The van der Waals surface area contributed by atoms with Crippen molar-refractivity contribution < 1.29 is 18.8 Å². The van der Waals surface area contributed by atoms with Crippen molar-refractivity contribution in [3.63, 3.8) is 0 Å². The van der Waals surface area contributed by atoms with E-state index in [9.17, 15) is 14.4 Å².